The number of hydrogen-bond donors (Lipinski definition) is 0. The first kappa shape index (κ1) is 16.6. The smallest absolute Gasteiger partial charge is 0.262 e. The maximum Gasteiger partial charge on any atom is 0.262 e. The van der Waals surface area contributed by atoms with E-state index in [1.807, 2.05) is 16.9 Å². The lowest BCUT2D eigenvalue weighted by Crippen LogP contribution is -2.22. The molecule has 0 amide bonds. The van der Waals surface area contributed by atoms with Gasteiger partial charge in [-0.25, -0.2) is 4.98 Å². The molecule has 5 heteroatoms. The summed E-state index contributed by atoms with van der Waals surface area (Å²) >= 11 is 3.21. The lowest BCUT2D eigenvalue weighted by atomic mass is 10.1. The molecule has 0 unspecified atom stereocenters. The van der Waals surface area contributed by atoms with Crippen LogP contribution in [-0.4, -0.2) is 15.8 Å². The molecule has 21 heavy (non-hydrogen) atoms. The van der Waals surface area contributed by atoms with Crippen LogP contribution in [0.15, 0.2) is 16.0 Å². The van der Waals surface area contributed by atoms with Crippen molar-refractivity contribution < 1.29 is 0 Å². The van der Waals surface area contributed by atoms with Crippen LogP contribution < -0.4 is 5.56 Å². The van der Waals surface area contributed by atoms with Gasteiger partial charge in [-0.2, -0.15) is 0 Å². The normalized spacial score (nSPS) is 11.4. The summed E-state index contributed by atoms with van der Waals surface area (Å²) in [7, 11) is 0. The van der Waals surface area contributed by atoms with Gasteiger partial charge >= 0.3 is 0 Å². The highest BCUT2D eigenvalue weighted by atomic mass is 32.2. The van der Waals surface area contributed by atoms with E-state index in [1.54, 1.807) is 23.1 Å². The number of nitrogens with zero attached hydrogens (tertiary/aromatic N) is 2. The van der Waals surface area contributed by atoms with Crippen molar-refractivity contribution in [2.45, 2.75) is 64.1 Å². The molecule has 0 saturated carbocycles. The monoisotopic (exact) mass is 324 g/mol. The number of hydrogen-bond acceptors (Lipinski definition) is 4. The minimum atomic E-state index is 0.135. The van der Waals surface area contributed by atoms with Crippen molar-refractivity contribution in [2.75, 3.05) is 6.26 Å². The number of aryl methyl sites for hydroxylation is 1. The number of fused-ring (bicyclic) bond motifs is 1. The van der Waals surface area contributed by atoms with Gasteiger partial charge in [0.05, 0.1) is 5.39 Å². The molecular weight excluding hydrogens is 300 g/mol. The molecule has 0 spiro atoms. The zero-order chi connectivity index (χ0) is 15.2. The third kappa shape index (κ3) is 3.89. The van der Waals surface area contributed by atoms with Crippen molar-refractivity contribution in [3.8, 4) is 0 Å². The van der Waals surface area contributed by atoms with Crippen LogP contribution in [-0.2, 0) is 13.0 Å². The second kappa shape index (κ2) is 7.99. The number of unbranched alkanes of at least 4 members (excludes halogenated alkanes) is 4. The molecule has 0 aromatic carbocycles. The lowest BCUT2D eigenvalue weighted by molar-refractivity contribution is 0.525. The summed E-state index contributed by atoms with van der Waals surface area (Å²) in [6.07, 6.45) is 9.00. The minimum absolute atomic E-state index is 0.135. The van der Waals surface area contributed by atoms with Crippen LogP contribution in [0, 0.1) is 0 Å². The van der Waals surface area contributed by atoms with Gasteiger partial charge in [-0.3, -0.25) is 9.36 Å². The fourth-order valence-corrected chi connectivity index (χ4v) is 4.04. The first-order valence-corrected chi connectivity index (χ1v) is 9.82. The molecule has 0 aliphatic carbocycles. The Morgan fingerprint density at radius 1 is 1.24 bits per heavy atom. The molecule has 0 atom stereocenters. The van der Waals surface area contributed by atoms with Gasteiger partial charge in [0, 0.05) is 11.4 Å². The van der Waals surface area contributed by atoms with Crippen molar-refractivity contribution in [3.05, 3.63) is 21.3 Å². The first-order chi connectivity index (χ1) is 10.2. The van der Waals surface area contributed by atoms with Crippen LogP contribution in [0.5, 0.6) is 0 Å². The fourth-order valence-electron chi connectivity index (χ4n) is 2.45. The van der Waals surface area contributed by atoms with Gasteiger partial charge in [-0.1, -0.05) is 51.3 Å². The molecule has 2 aromatic heterocycles. The van der Waals surface area contributed by atoms with Gasteiger partial charge in [-0.05, 0) is 25.2 Å². The summed E-state index contributed by atoms with van der Waals surface area (Å²) in [6, 6.07) is 2.02. The van der Waals surface area contributed by atoms with Gasteiger partial charge in [0.1, 0.15) is 4.83 Å². The maximum absolute atomic E-state index is 12.7. The van der Waals surface area contributed by atoms with Crippen molar-refractivity contribution in [2.24, 2.45) is 0 Å². The van der Waals surface area contributed by atoms with E-state index in [0.717, 1.165) is 34.8 Å². The summed E-state index contributed by atoms with van der Waals surface area (Å²) in [4.78, 5) is 19.5. The topological polar surface area (TPSA) is 34.9 Å². The van der Waals surface area contributed by atoms with Crippen LogP contribution in [0.1, 0.15) is 50.8 Å². The summed E-state index contributed by atoms with van der Waals surface area (Å²) in [6.45, 7) is 5.13. The van der Waals surface area contributed by atoms with E-state index in [1.165, 1.54) is 30.6 Å². The largest absolute Gasteiger partial charge is 0.287 e. The zero-order valence-corrected chi connectivity index (χ0v) is 14.8. The molecular formula is C16H24N2OS2. The molecule has 0 radical (unpaired) electrons. The summed E-state index contributed by atoms with van der Waals surface area (Å²) < 4.78 is 1.87. The Kier molecular flexibility index (Phi) is 6.30. The van der Waals surface area contributed by atoms with Crippen LogP contribution in [0.2, 0.25) is 0 Å². The summed E-state index contributed by atoms with van der Waals surface area (Å²) in [5.74, 6) is 0. The Morgan fingerprint density at radius 3 is 2.67 bits per heavy atom. The van der Waals surface area contributed by atoms with Gasteiger partial charge in [0.25, 0.3) is 5.56 Å². The molecule has 0 aliphatic rings. The zero-order valence-electron chi connectivity index (χ0n) is 13.1. The van der Waals surface area contributed by atoms with Gasteiger partial charge in [0.2, 0.25) is 0 Å². The van der Waals surface area contributed by atoms with Gasteiger partial charge in [-0.15, -0.1) is 11.3 Å². The molecule has 0 fully saturated rings. The van der Waals surface area contributed by atoms with E-state index >= 15 is 0 Å². The van der Waals surface area contributed by atoms with Crippen molar-refractivity contribution in [3.63, 3.8) is 0 Å². The van der Waals surface area contributed by atoms with E-state index < -0.39 is 0 Å². The van der Waals surface area contributed by atoms with Crippen LogP contribution in [0.4, 0.5) is 0 Å². The number of thioether (sulfide) groups is 1. The average Bonchev–Trinajstić information content (AvgIpc) is 2.92. The number of rotatable bonds is 8. The van der Waals surface area contributed by atoms with E-state index in [9.17, 15) is 4.79 Å². The van der Waals surface area contributed by atoms with E-state index in [0.29, 0.717) is 0 Å². The lowest BCUT2D eigenvalue weighted by Gasteiger charge is -2.10. The van der Waals surface area contributed by atoms with Crippen molar-refractivity contribution in [1.29, 1.82) is 0 Å². The van der Waals surface area contributed by atoms with Gasteiger partial charge in [0.15, 0.2) is 5.16 Å². The van der Waals surface area contributed by atoms with E-state index in [4.69, 9.17) is 0 Å². The quantitative estimate of drug-likeness (QED) is 0.400. The first-order valence-electron chi connectivity index (χ1n) is 7.78. The molecule has 2 heterocycles. The standard InChI is InChI=1S/C16H24N2OS2/c1-4-6-7-8-9-10-18-15(19)13-11-12(5-2)21-14(13)17-16(18)20-3/h11H,4-10H2,1-3H3. The molecule has 0 saturated heterocycles. The Hall–Kier alpha value is -0.810. The molecule has 0 aliphatic heterocycles. The highest BCUT2D eigenvalue weighted by Gasteiger charge is 2.12. The molecule has 0 bridgehead atoms. The molecule has 2 aromatic rings. The van der Waals surface area contributed by atoms with Crippen LogP contribution in [0.25, 0.3) is 10.2 Å². The Balaban J connectivity index is 2.24. The fraction of sp³-hybridized carbons (Fsp3) is 0.625. The van der Waals surface area contributed by atoms with Gasteiger partial charge < -0.3 is 0 Å². The van der Waals surface area contributed by atoms with Crippen LogP contribution in [0.3, 0.4) is 0 Å². The predicted octanol–water partition coefficient (Wildman–Crippen LogP) is 4.71. The van der Waals surface area contributed by atoms with Crippen molar-refractivity contribution in [1.82, 2.24) is 9.55 Å². The Morgan fingerprint density at radius 2 is 2.00 bits per heavy atom. The third-order valence-corrected chi connectivity index (χ3v) is 5.53. The van der Waals surface area contributed by atoms with E-state index in [-0.39, 0.29) is 5.56 Å². The number of aromatic nitrogens is 2. The SMILES string of the molecule is CCCCCCCn1c(SC)nc2sc(CC)cc2c1=O. The molecule has 2 rings (SSSR count). The Bertz CT molecular complexity index is 645. The van der Waals surface area contributed by atoms with Crippen LogP contribution >= 0.6 is 23.1 Å². The number of thiophene rings is 1. The minimum Gasteiger partial charge on any atom is -0.287 e. The van der Waals surface area contributed by atoms with E-state index in [2.05, 4.69) is 18.8 Å². The summed E-state index contributed by atoms with van der Waals surface area (Å²) in [5.41, 5.74) is 0.135. The highest BCUT2D eigenvalue weighted by Crippen LogP contribution is 2.24. The maximum atomic E-state index is 12.7. The third-order valence-electron chi connectivity index (χ3n) is 3.68. The molecule has 3 nitrogen and oxygen atoms in total. The second-order valence-corrected chi connectivity index (χ2v) is 7.14. The highest BCUT2D eigenvalue weighted by molar-refractivity contribution is 7.98. The average molecular weight is 325 g/mol. The Labute approximate surface area is 134 Å². The van der Waals surface area contributed by atoms with Crippen molar-refractivity contribution >= 4 is 33.3 Å². The molecule has 0 N–H and O–H groups in total. The molecule has 116 valence electrons. The predicted molar refractivity (Wildman–Crippen MR) is 93.8 cm³/mol. The summed E-state index contributed by atoms with van der Waals surface area (Å²) in [5, 5.41) is 1.65. The second-order valence-electron chi connectivity index (χ2n) is 5.25.